The molecular weight excluding hydrogens is 402 g/mol. The Morgan fingerprint density at radius 3 is 2.72 bits per heavy atom. The number of aliphatic carboxylic acids is 1. The summed E-state index contributed by atoms with van der Waals surface area (Å²) in [6.07, 6.45) is 1.92. The minimum Gasteiger partial charge on any atom is -0.489 e. The average Bonchev–Trinajstić information content (AvgIpc) is 3.33. The summed E-state index contributed by atoms with van der Waals surface area (Å²) in [4.78, 5) is 25.9. The number of carboxylic acids is 1. The first-order valence-electron chi connectivity index (χ1n) is 11.0. The zero-order chi connectivity index (χ0) is 22.2. The van der Waals surface area contributed by atoms with Crippen LogP contribution >= 0.6 is 0 Å². The van der Waals surface area contributed by atoms with Crippen molar-refractivity contribution in [1.29, 1.82) is 0 Å². The van der Waals surface area contributed by atoms with Gasteiger partial charge in [0.05, 0.1) is 13.0 Å². The third-order valence-corrected chi connectivity index (χ3v) is 6.54. The Morgan fingerprint density at radius 1 is 1.12 bits per heavy atom. The van der Waals surface area contributed by atoms with E-state index in [9.17, 15) is 9.59 Å². The van der Waals surface area contributed by atoms with Crippen molar-refractivity contribution < 1.29 is 19.4 Å². The van der Waals surface area contributed by atoms with Crippen molar-refractivity contribution in [1.82, 2.24) is 0 Å². The second-order valence-electron chi connectivity index (χ2n) is 8.65. The molecule has 5 heteroatoms. The van der Waals surface area contributed by atoms with Gasteiger partial charge in [0.2, 0.25) is 0 Å². The molecule has 162 valence electrons. The van der Waals surface area contributed by atoms with Gasteiger partial charge >= 0.3 is 5.97 Å². The Bertz CT molecular complexity index is 1200. The van der Waals surface area contributed by atoms with E-state index in [1.54, 1.807) is 0 Å². The zero-order valence-corrected chi connectivity index (χ0v) is 18.0. The van der Waals surface area contributed by atoms with Crippen LogP contribution in [0.3, 0.4) is 0 Å². The van der Waals surface area contributed by atoms with Gasteiger partial charge in [0.1, 0.15) is 12.4 Å². The van der Waals surface area contributed by atoms with E-state index < -0.39 is 5.97 Å². The Hall–Kier alpha value is -3.60. The highest BCUT2D eigenvalue weighted by atomic mass is 16.5. The van der Waals surface area contributed by atoms with Gasteiger partial charge in [-0.3, -0.25) is 9.59 Å². The van der Waals surface area contributed by atoms with E-state index in [-0.39, 0.29) is 18.2 Å². The molecule has 5 rings (SSSR count). The van der Waals surface area contributed by atoms with E-state index in [2.05, 4.69) is 0 Å². The van der Waals surface area contributed by atoms with Gasteiger partial charge in [0, 0.05) is 11.3 Å². The first-order chi connectivity index (χ1) is 15.5. The van der Waals surface area contributed by atoms with E-state index in [0.29, 0.717) is 13.2 Å². The van der Waals surface area contributed by atoms with Crippen LogP contribution < -0.4 is 9.64 Å². The highest BCUT2D eigenvalue weighted by Crippen LogP contribution is 2.37. The van der Waals surface area contributed by atoms with Gasteiger partial charge in [-0.15, -0.1) is 0 Å². The number of fused-ring (bicyclic) bond motifs is 2. The number of ether oxygens (including phenoxy) is 1. The SMILES string of the molecule is Cc1ccc(N2Cc3c(COc4ccc5c(c4)CCC5CC(=O)O)cccc3C2=O)cc1. The van der Waals surface area contributed by atoms with E-state index in [1.807, 2.05) is 72.5 Å². The monoisotopic (exact) mass is 427 g/mol. The summed E-state index contributed by atoms with van der Waals surface area (Å²) in [7, 11) is 0. The molecule has 1 heterocycles. The van der Waals surface area contributed by atoms with Crippen molar-refractivity contribution in [3.8, 4) is 5.75 Å². The lowest BCUT2D eigenvalue weighted by Gasteiger charge is -2.16. The molecule has 1 amide bonds. The largest absolute Gasteiger partial charge is 0.489 e. The summed E-state index contributed by atoms with van der Waals surface area (Å²) < 4.78 is 6.10. The highest BCUT2D eigenvalue weighted by molar-refractivity contribution is 6.10. The second kappa shape index (κ2) is 8.15. The fourth-order valence-corrected chi connectivity index (χ4v) is 4.82. The molecule has 0 fully saturated rings. The van der Waals surface area contributed by atoms with E-state index >= 15 is 0 Å². The maximum Gasteiger partial charge on any atom is 0.303 e. The molecule has 1 atom stereocenters. The quantitative estimate of drug-likeness (QED) is 0.584. The number of benzene rings is 3. The lowest BCUT2D eigenvalue weighted by molar-refractivity contribution is -0.137. The number of carbonyl (C=O) groups is 2. The molecule has 0 saturated heterocycles. The van der Waals surface area contributed by atoms with Gasteiger partial charge < -0.3 is 14.7 Å². The summed E-state index contributed by atoms with van der Waals surface area (Å²) in [5.74, 6) is 0.132. The molecule has 5 nitrogen and oxygen atoms in total. The molecule has 1 N–H and O–H groups in total. The standard InChI is InChI=1S/C27H25NO4/c1-17-5-9-21(10-6-17)28-15-25-20(3-2-4-24(25)27(28)31)16-32-22-11-12-23-18(13-22)7-8-19(23)14-26(29)30/h2-6,9-13,19H,7-8,14-16H2,1H3,(H,29,30). The normalized spacial score (nSPS) is 16.7. The van der Waals surface area contributed by atoms with Gasteiger partial charge in [-0.25, -0.2) is 0 Å². The fourth-order valence-electron chi connectivity index (χ4n) is 4.82. The molecule has 0 aromatic heterocycles. The van der Waals surface area contributed by atoms with Crippen LogP contribution in [0, 0.1) is 6.92 Å². The number of rotatable bonds is 6. The lowest BCUT2D eigenvalue weighted by atomic mass is 9.98. The number of amides is 1. The lowest BCUT2D eigenvalue weighted by Crippen LogP contribution is -2.22. The molecule has 1 aliphatic carbocycles. The minimum absolute atomic E-state index is 0.0210. The van der Waals surface area contributed by atoms with E-state index in [1.165, 1.54) is 5.56 Å². The molecule has 0 spiro atoms. The number of carboxylic acid groups (broad SMARTS) is 1. The summed E-state index contributed by atoms with van der Waals surface area (Å²) in [6.45, 7) is 2.96. The van der Waals surface area contributed by atoms with Crippen molar-refractivity contribution in [2.24, 2.45) is 0 Å². The average molecular weight is 428 g/mol. The molecule has 32 heavy (non-hydrogen) atoms. The van der Waals surface area contributed by atoms with Crippen LogP contribution in [-0.2, 0) is 24.4 Å². The summed E-state index contributed by atoms with van der Waals surface area (Å²) in [5, 5.41) is 9.11. The molecule has 0 bridgehead atoms. The fraction of sp³-hybridized carbons (Fsp3) is 0.259. The van der Waals surface area contributed by atoms with Crippen molar-refractivity contribution in [3.63, 3.8) is 0 Å². The van der Waals surface area contributed by atoms with Gasteiger partial charge in [-0.05, 0) is 78.3 Å². The molecule has 0 radical (unpaired) electrons. The topological polar surface area (TPSA) is 66.8 Å². The van der Waals surface area contributed by atoms with Crippen molar-refractivity contribution in [3.05, 3.63) is 94.0 Å². The first kappa shape index (κ1) is 20.3. The van der Waals surface area contributed by atoms with Crippen LogP contribution in [0.15, 0.2) is 60.7 Å². The Kier molecular flexibility index (Phi) is 5.17. The number of carbonyl (C=O) groups excluding carboxylic acids is 1. The van der Waals surface area contributed by atoms with Gasteiger partial charge in [-0.1, -0.05) is 35.9 Å². The molecule has 1 unspecified atom stereocenters. The highest BCUT2D eigenvalue weighted by Gasteiger charge is 2.30. The first-order valence-corrected chi connectivity index (χ1v) is 11.0. The van der Waals surface area contributed by atoms with Crippen LogP contribution in [-0.4, -0.2) is 17.0 Å². The van der Waals surface area contributed by atoms with Crippen LogP contribution in [0.1, 0.15) is 56.9 Å². The molecule has 3 aromatic carbocycles. The van der Waals surface area contributed by atoms with E-state index in [0.717, 1.165) is 52.1 Å². The van der Waals surface area contributed by atoms with Crippen molar-refractivity contribution >= 4 is 17.6 Å². The van der Waals surface area contributed by atoms with Crippen LogP contribution in [0.25, 0.3) is 0 Å². The number of aryl methyl sites for hydroxylation is 2. The molecule has 3 aromatic rings. The number of hydrogen-bond acceptors (Lipinski definition) is 3. The third kappa shape index (κ3) is 3.75. The van der Waals surface area contributed by atoms with E-state index in [4.69, 9.17) is 9.84 Å². The smallest absolute Gasteiger partial charge is 0.303 e. The predicted molar refractivity (Wildman–Crippen MR) is 122 cm³/mol. The van der Waals surface area contributed by atoms with Gasteiger partial charge in [0.25, 0.3) is 5.91 Å². The van der Waals surface area contributed by atoms with Crippen LogP contribution in [0.5, 0.6) is 5.75 Å². The maximum atomic E-state index is 13.0. The predicted octanol–water partition coefficient (Wildman–Crippen LogP) is 5.24. The van der Waals surface area contributed by atoms with Gasteiger partial charge in [0.15, 0.2) is 0 Å². The van der Waals surface area contributed by atoms with Gasteiger partial charge in [-0.2, -0.15) is 0 Å². The zero-order valence-electron chi connectivity index (χ0n) is 18.0. The molecule has 2 aliphatic rings. The van der Waals surface area contributed by atoms with Crippen LogP contribution in [0.2, 0.25) is 0 Å². The summed E-state index contributed by atoms with van der Waals surface area (Å²) in [5.41, 5.74) is 7.12. The molecule has 1 aliphatic heterocycles. The maximum absolute atomic E-state index is 13.0. The number of nitrogens with zero attached hydrogens (tertiary/aromatic N) is 1. The summed E-state index contributed by atoms with van der Waals surface area (Å²) in [6, 6.07) is 19.8. The minimum atomic E-state index is -0.754. The second-order valence-corrected chi connectivity index (χ2v) is 8.65. The Labute approximate surface area is 187 Å². The Balaban J connectivity index is 1.32. The number of hydrogen-bond donors (Lipinski definition) is 1. The Morgan fingerprint density at radius 2 is 1.94 bits per heavy atom. The molecular formula is C27H25NO4. The number of anilines is 1. The third-order valence-electron chi connectivity index (χ3n) is 6.54. The van der Waals surface area contributed by atoms with Crippen molar-refractivity contribution in [2.45, 2.75) is 45.3 Å². The van der Waals surface area contributed by atoms with Crippen molar-refractivity contribution in [2.75, 3.05) is 4.90 Å². The summed E-state index contributed by atoms with van der Waals surface area (Å²) >= 11 is 0. The molecule has 0 saturated carbocycles. The van der Waals surface area contributed by atoms with Crippen LogP contribution in [0.4, 0.5) is 5.69 Å².